The number of hydrogen-bond donors (Lipinski definition) is 3. The van der Waals surface area contributed by atoms with Crippen LogP contribution < -0.4 is 21.5 Å². The van der Waals surface area contributed by atoms with Gasteiger partial charge in [0.1, 0.15) is 22.9 Å². The molecule has 1 amide bonds. The molecule has 1 aromatic heterocycles. The summed E-state index contributed by atoms with van der Waals surface area (Å²) in [5.74, 6) is 1.11. The molecule has 0 fully saturated rings. The van der Waals surface area contributed by atoms with Crippen LogP contribution in [0.25, 0.3) is 12.2 Å². The molecule has 0 bridgehead atoms. The highest BCUT2D eigenvalue weighted by atomic mass is 16.6. The SMILES string of the molecule is C=Cc1c(NC(=O)OC(C)(C)C)ccc(Oc2ccnc(N)c2N)c1/C=C\C. The molecule has 0 saturated heterocycles. The number of carbonyl (C=O) groups excluding carboxylic acids is 1. The van der Waals surface area contributed by atoms with Gasteiger partial charge < -0.3 is 20.9 Å². The number of hydrogen-bond acceptors (Lipinski definition) is 6. The zero-order valence-corrected chi connectivity index (χ0v) is 16.6. The summed E-state index contributed by atoms with van der Waals surface area (Å²) in [5, 5.41) is 2.75. The van der Waals surface area contributed by atoms with Crippen molar-refractivity contribution >= 4 is 35.4 Å². The summed E-state index contributed by atoms with van der Waals surface area (Å²) in [5.41, 5.74) is 13.3. The molecule has 0 spiro atoms. The van der Waals surface area contributed by atoms with Crippen LogP contribution in [0.15, 0.2) is 37.1 Å². The fraction of sp³-hybridized carbons (Fsp3) is 0.238. The average molecular weight is 382 g/mol. The molecular formula is C21H26N4O3. The van der Waals surface area contributed by atoms with Gasteiger partial charge in [-0.25, -0.2) is 9.78 Å². The fourth-order valence-electron chi connectivity index (χ4n) is 2.46. The Bertz CT molecular complexity index is 915. The van der Waals surface area contributed by atoms with Crippen molar-refractivity contribution in [2.75, 3.05) is 16.8 Å². The van der Waals surface area contributed by atoms with E-state index in [1.807, 2.05) is 19.1 Å². The Morgan fingerprint density at radius 3 is 2.50 bits per heavy atom. The third-order valence-corrected chi connectivity index (χ3v) is 3.62. The number of benzene rings is 1. The van der Waals surface area contributed by atoms with E-state index < -0.39 is 11.7 Å². The fourth-order valence-corrected chi connectivity index (χ4v) is 2.46. The van der Waals surface area contributed by atoms with Crippen LogP contribution in [0.3, 0.4) is 0 Å². The molecular weight excluding hydrogens is 356 g/mol. The van der Waals surface area contributed by atoms with E-state index in [1.165, 1.54) is 6.20 Å². The first kappa shape index (κ1) is 20.8. The highest BCUT2D eigenvalue weighted by Gasteiger charge is 2.19. The first-order valence-electron chi connectivity index (χ1n) is 8.76. The molecule has 1 aromatic carbocycles. The second-order valence-electron chi connectivity index (χ2n) is 6.98. The predicted molar refractivity (Wildman–Crippen MR) is 114 cm³/mol. The maximum atomic E-state index is 12.2. The maximum absolute atomic E-state index is 12.2. The largest absolute Gasteiger partial charge is 0.454 e. The minimum Gasteiger partial charge on any atom is -0.454 e. The smallest absolute Gasteiger partial charge is 0.412 e. The zero-order valence-electron chi connectivity index (χ0n) is 16.6. The van der Waals surface area contributed by atoms with Gasteiger partial charge in [-0.1, -0.05) is 24.8 Å². The second-order valence-corrected chi connectivity index (χ2v) is 6.98. The highest BCUT2D eigenvalue weighted by Crippen LogP contribution is 2.37. The first-order chi connectivity index (χ1) is 13.2. The number of rotatable bonds is 5. The molecule has 28 heavy (non-hydrogen) atoms. The summed E-state index contributed by atoms with van der Waals surface area (Å²) in [6, 6.07) is 5.07. The summed E-state index contributed by atoms with van der Waals surface area (Å²) in [6.07, 6.45) is 6.31. The highest BCUT2D eigenvalue weighted by molar-refractivity contribution is 5.91. The summed E-state index contributed by atoms with van der Waals surface area (Å²) >= 11 is 0. The van der Waals surface area contributed by atoms with Crippen LogP contribution in [-0.2, 0) is 4.74 Å². The molecule has 0 aliphatic rings. The molecule has 5 N–H and O–H groups in total. The van der Waals surface area contributed by atoms with E-state index >= 15 is 0 Å². The van der Waals surface area contributed by atoms with Gasteiger partial charge in [0.2, 0.25) is 0 Å². The van der Waals surface area contributed by atoms with Gasteiger partial charge in [-0.05, 0) is 39.8 Å². The number of nitrogen functional groups attached to an aromatic ring is 2. The van der Waals surface area contributed by atoms with Gasteiger partial charge in [0.05, 0.1) is 5.69 Å². The topological polar surface area (TPSA) is 112 Å². The van der Waals surface area contributed by atoms with Crippen LogP contribution in [0.1, 0.15) is 38.8 Å². The predicted octanol–water partition coefficient (Wildman–Crippen LogP) is 5.06. The summed E-state index contributed by atoms with van der Waals surface area (Å²) in [4.78, 5) is 16.1. The molecule has 0 radical (unpaired) electrons. The number of allylic oxidation sites excluding steroid dienone is 1. The van der Waals surface area contributed by atoms with E-state index in [0.717, 1.165) is 5.56 Å². The molecule has 0 aliphatic heterocycles. The Morgan fingerprint density at radius 2 is 1.89 bits per heavy atom. The quantitative estimate of drug-likeness (QED) is 0.666. The lowest BCUT2D eigenvalue weighted by atomic mass is 10.0. The molecule has 0 aliphatic carbocycles. The second kappa shape index (κ2) is 8.47. The van der Waals surface area contributed by atoms with Crippen molar-refractivity contribution < 1.29 is 14.3 Å². The molecule has 0 atom stereocenters. The molecule has 7 nitrogen and oxygen atoms in total. The number of nitrogens with one attached hydrogen (secondary N) is 1. The third-order valence-electron chi connectivity index (χ3n) is 3.62. The van der Waals surface area contributed by atoms with E-state index in [0.29, 0.717) is 22.7 Å². The monoisotopic (exact) mass is 382 g/mol. The lowest BCUT2D eigenvalue weighted by Gasteiger charge is -2.21. The van der Waals surface area contributed by atoms with E-state index in [9.17, 15) is 4.79 Å². The van der Waals surface area contributed by atoms with Crippen LogP contribution in [-0.4, -0.2) is 16.7 Å². The van der Waals surface area contributed by atoms with Crippen LogP contribution >= 0.6 is 0 Å². The summed E-state index contributed by atoms with van der Waals surface area (Å²) in [6.45, 7) is 11.1. The van der Waals surface area contributed by atoms with E-state index in [-0.39, 0.29) is 11.5 Å². The van der Waals surface area contributed by atoms with Gasteiger partial charge in [-0.3, -0.25) is 5.32 Å². The van der Waals surface area contributed by atoms with Crippen molar-refractivity contribution in [1.29, 1.82) is 0 Å². The van der Waals surface area contributed by atoms with Gasteiger partial charge >= 0.3 is 6.09 Å². The number of ether oxygens (including phenoxy) is 2. The minimum atomic E-state index is -0.605. The number of pyridine rings is 1. The molecule has 2 aromatic rings. The minimum absolute atomic E-state index is 0.192. The van der Waals surface area contributed by atoms with Gasteiger partial charge in [0.25, 0.3) is 0 Å². The van der Waals surface area contributed by atoms with E-state index in [1.54, 1.807) is 45.0 Å². The molecule has 148 valence electrons. The van der Waals surface area contributed by atoms with Crippen molar-refractivity contribution in [3.05, 3.63) is 48.2 Å². The summed E-state index contributed by atoms with van der Waals surface area (Å²) < 4.78 is 11.3. The van der Waals surface area contributed by atoms with Crippen molar-refractivity contribution in [2.45, 2.75) is 33.3 Å². The number of carbonyl (C=O) groups is 1. The van der Waals surface area contributed by atoms with Crippen LogP contribution in [0.4, 0.5) is 22.0 Å². The lowest BCUT2D eigenvalue weighted by molar-refractivity contribution is 0.0636. The Labute approximate surface area is 165 Å². The van der Waals surface area contributed by atoms with Crippen molar-refractivity contribution in [3.8, 4) is 11.5 Å². The van der Waals surface area contributed by atoms with Gasteiger partial charge in [-0.15, -0.1) is 0 Å². The van der Waals surface area contributed by atoms with E-state index in [2.05, 4.69) is 16.9 Å². The number of aromatic nitrogens is 1. The Kier molecular flexibility index (Phi) is 6.30. The normalized spacial score (nSPS) is 11.3. The molecule has 0 saturated carbocycles. The first-order valence-corrected chi connectivity index (χ1v) is 8.76. The maximum Gasteiger partial charge on any atom is 0.412 e. The van der Waals surface area contributed by atoms with Crippen molar-refractivity contribution in [2.24, 2.45) is 0 Å². The standard InChI is InChI=1S/C21H26N4O3/c1-6-8-14-13(7-2)15(25-20(26)28-21(3,4)5)9-10-16(14)27-17-11-12-24-19(23)18(17)22/h6-12H,2,22H2,1,3-5H3,(H2,23,24)(H,25,26)/b8-6-. The Balaban J connectivity index is 2.45. The number of nitrogens with zero attached hydrogens (tertiary/aromatic N) is 1. The van der Waals surface area contributed by atoms with Crippen molar-refractivity contribution in [3.63, 3.8) is 0 Å². The average Bonchev–Trinajstić information content (AvgIpc) is 2.59. The summed E-state index contributed by atoms with van der Waals surface area (Å²) in [7, 11) is 0. The third kappa shape index (κ3) is 5.03. The Morgan fingerprint density at radius 1 is 1.18 bits per heavy atom. The van der Waals surface area contributed by atoms with Crippen LogP contribution in [0, 0.1) is 0 Å². The Hall–Kier alpha value is -3.48. The molecule has 0 unspecified atom stereocenters. The zero-order chi connectivity index (χ0) is 20.9. The molecule has 2 rings (SSSR count). The van der Waals surface area contributed by atoms with Crippen molar-refractivity contribution in [1.82, 2.24) is 4.98 Å². The van der Waals surface area contributed by atoms with Crippen LogP contribution in [0.2, 0.25) is 0 Å². The number of amides is 1. The van der Waals surface area contributed by atoms with Gasteiger partial charge in [-0.2, -0.15) is 0 Å². The number of nitrogens with two attached hydrogens (primary N) is 2. The molecule has 7 heteroatoms. The lowest BCUT2D eigenvalue weighted by Crippen LogP contribution is -2.27. The number of anilines is 3. The van der Waals surface area contributed by atoms with Gasteiger partial charge in [0.15, 0.2) is 5.75 Å². The van der Waals surface area contributed by atoms with Crippen LogP contribution in [0.5, 0.6) is 11.5 Å². The molecule has 1 heterocycles. The van der Waals surface area contributed by atoms with Gasteiger partial charge in [0, 0.05) is 23.4 Å². The van der Waals surface area contributed by atoms with E-state index in [4.69, 9.17) is 20.9 Å².